The molecular weight excluding hydrogens is 298 g/mol. The van der Waals surface area contributed by atoms with Gasteiger partial charge in [0, 0.05) is 13.1 Å². The molecule has 3 aromatic rings. The van der Waals surface area contributed by atoms with E-state index < -0.39 is 10.0 Å². The van der Waals surface area contributed by atoms with Crippen LogP contribution in [0.25, 0.3) is 11.0 Å². The zero-order chi connectivity index (χ0) is 15.6. The second-order valence-electron chi connectivity index (χ2n) is 5.00. The summed E-state index contributed by atoms with van der Waals surface area (Å²) in [5, 5.41) is 0. The molecule has 0 atom stereocenters. The first-order valence-corrected chi connectivity index (χ1v) is 8.52. The molecule has 5 nitrogen and oxygen atoms in total. The lowest BCUT2D eigenvalue weighted by Gasteiger charge is -2.20. The average Bonchev–Trinajstić information content (AvgIpc) is 3.01. The van der Waals surface area contributed by atoms with Gasteiger partial charge in [-0.1, -0.05) is 37.3 Å². The molecule has 0 fully saturated rings. The molecule has 0 saturated heterocycles. The molecule has 3 rings (SSSR count). The number of benzene rings is 2. The molecule has 0 unspecified atom stereocenters. The number of H-pyrrole nitrogens is 1. The second kappa shape index (κ2) is 5.90. The number of rotatable bonds is 5. The molecule has 0 saturated carbocycles. The maximum absolute atomic E-state index is 12.8. The van der Waals surface area contributed by atoms with Crippen LogP contribution in [0.15, 0.2) is 59.8 Å². The van der Waals surface area contributed by atoms with Gasteiger partial charge in [-0.3, -0.25) is 0 Å². The van der Waals surface area contributed by atoms with Crippen LogP contribution in [0.5, 0.6) is 0 Å². The molecule has 0 spiro atoms. The van der Waals surface area contributed by atoms with Gasteiger partial charge in [0.05, 0.1) is 22.3 Å². The topological polar surface area (TPSA) is 66.1 Å². The predicted octanol–water partition coefficient (Wildman–Crippen LogP) is 2.77. The van der Waals surface area contributed by atoms with Crippen LogP contribution in [-0.4, -0.2) is 29.2 Å². The number of aromatic nitrogens is 2. The van der Waals surface area contributed by atoms with Gasteiger partial charge >= 0.3 is 0 Å². The van der Waals surface area contributed by atoms with Gasteiger partial charge in [-0.15, -0.1) is 0 Å². The van der Waals surface area contributed by atoms with E-state index in [0.717, 1.165) is 16.6 Å². The van der Waals surface area contributed by atoms with Gasteiger partial charge in [-0.25, -0.2) is 13.4 Å². The zero-order valence-electron chi connectivity index (χ0n) is 12.2. The van der Waals surface area contributed by atoms with Crippen LogP contribution >= 0.6 is 0 Å². The van der Waals surface area contributed by atoms with Crippen LogP contribution in [-0.2, 0) is 16.6 Å². The lowest BCUT2D eigenvalue weighted by molar-refractivity contribution is 0.423. The van der Waals surface area contributed by atoms with Crippen molar-refractivity contribution >= 4 is 21.1 Å². The SMILES string of the molecule is CCN(Cc1ccccc1)S(=O)(=O)c1ccc2nc[nH]c2c1. The highest BCUT2D eigenvalue weighted by molar-refractivity contribution is 7.89. The number of nitrogens with one attached hydrogen (secondary N) is 1. The minimum Gasteiger partial charge on any atom is -0.345 e. The first-order chi connectivity index (χ1) is 10.6. The molecule has 114 valence electrons. The van der Waals surface area contributed by atoms with E-state index in [1.807, 2.05) is 37.3 Å². The van der Waals surface area contributed by atoms with Crippen LogP contribution in [0.2, 0.25) is 0 Å². The van der Waals surface area contributed by atoms with Crippen molar-refractivity contribution in [2.24, 2.45) is 0 Å². The highest BCUT2D eigenvalue weighted by atomic mass is 32.2. The summed E-state index contributed by atoms with van der Waals surface area (Å²) in [4.78, 5) is 7.33. The monoisotopic (exact) mass is 315 g/mol. The lowest BCUT2D eigenvalue weighted by atomic mass is 10.2. The third-order valence-electron chi connectivity index (χ3n) is 3.58. The number of hydrogen-bond acceptors (Lipinski definition) is 3. The van der Waals surface area contributed by atoms with Crippen LogP contribution in [0.3, 0.4) is 0 Å². The molecule has 0 amide bonds. The van der Waals surface area contributed by atoms with Gasteiger partial charge in [0.2, 0.25) is 10.0 Å². The quantitative estimate of drug-likeness (QED) is 0.787. The fourth-order valence-electron chi connectivity index (χ4n) is 2.38. The molecule has 0 aliphatic carbocycles. The first-order valence-electron chi connectivity index (χ1n) is 7.08. The van der Waals surface area contributed by atoms with Gasteiger partial charge in [0.1, 0.15) is 0 Å². The van der Waals surface area contributed by atoms with E-state index in [1.54, 1.807) is 24.5 Å². The Morgan fingerprint density at radius 1 is 1.14 bits per heavy atom. The van der Waals surface area contributed by atoms with Gasteiger partial charge in [0.25, 0.3) is 0 Å². The Bertz CT molecular complexity index is 873. The molecule has 2 aromatic carbocycles. The minimum absolute atomic E-state index is 0.280. The number of sulfonamides is 1. The van der Waals surface area contributed by atoms with E-state index >= 15 is 0 Å². The number of imidazole rings is 1. The van der Waals surface area contributed by atoms with Crippen molar-refractivity contribution in [1.29, 1.82) is 0 Å². The summed E-state index contributed by atoms with van der Waals surface area (Å²) in [5.74, 6) is 0. The van der Waals surface area contributed by atoms with Crippen molar-refractivity contribution in [1.82, 2.24) is 14.3 Å². The van der Waals surface area contributed by atoms with E-state index in [4.69, 9.17) is 0 Å². The van der Waals surface area contributed by atoms with E-state index in [1.165, 1.54) is 4.31 Å². The fourth-order valence-corrected chi connectivity index (χ4v) is 3.84. The third-order valence-corrected chi connectivity index (χ3v) is 5.50. The lowest BCUT2D eigenvalue weighted by Crippen LogP contribution is -2.30. The van der Waals surface area contributed by atoms with Gasteiger partial charge in [0.15, 0.2) is 0 Å². The van der Waals surface area contributed by atoms with Gasteiger partial charge < -0.3 is 4.98 Å². The highest BCUT2D eigenvalue weighted by Gasteiger charge is 2.23. The largest absolute Gasteiger partial charge is 0.345 e. The number of hydrogen-bond donors (Lipinski definition) is 1. The maximum Gasteiger partial charge on any atom is 0.243 e. The summed E-state index contributed by atoms with van der Waals surface area (Å²) in [6.07, 6.45) is 1.56. The number of fused-ring (bicyclic) bond motifs is 1. The van der Waals surface area contributed by atoms with Gasteiger partial charge in [-0.05, 0) is 23.8 Å². The smallest absolute Gasteiger partial charge is 0.243 e. The van der Waals surface area contributed by atoms with E-state index in [9.17, 15) is 8.42 Å². The van der Waals surface area contributed by atoms with Crippen molar-refractivity contribution in [2.45, 2.75) is 18.4 Å². The highest BCUT2D eigenvalue weighted by Crippen LogP contribution is 2.21. The molecule has 6 heteroatoms. The van der Waals surface area contributed by atoms with Crippen LogP contribution in [0.4, 0.5) is 0 Å². The Balaban J connectivity index is 1.95. The molecule has 1 N–H and O–H groups in total. The van der Waals surface area contributed by atoms with Crippen molar-refractivity contribution in [3.63, 3.8) is 0 Å². The van der Waals surface area contributed by atoms with Crippen molar-refractivity contribution in [3.8, 4) is 0 Å². The molecular formula is C16H17N3O2S. The summed E-state index contributed by atoms with van der Waals surface area (Å²) < 4.78 is 27.1. The van der Waals surface area contributed by atoms with Crippen LogP contribution in [0.1, 0.15) is 12.5 Å². The number of aromatic amines is 1. The van der Waals surface area contributed by atoms with Crippen molar-refractivity contribution < 1.29 is 8.42 Å². The molecule has 1 heterocycles. The van der Waals surface area contributed by atoms with Crippen molar-refractivity contribution in [3.05, 3.63) is 60.4 Å². The fraction of sp³-hybridized carbons (Fsp3) is 0.188. The molecule has 0 radical (unpaired) electrons. The van der Waals surface area contributed by atoms with Gasteiger partial charge in [-0.2, -0.15) is 4.31 Å². The first kappa shape index (κ1) is 14.7. The summed E-state index contributed by atoms with van der Waals surface area (Å²) >= 11 is 0. The normalized spacial score (nSPS) is 12.1. The molecule has 1 aromatic heterocycles. The average molecular weight is 315 g/mol. The molecule has 0 aliphatic rings. The molecule has 22 heavy (non-hydrogen) atoms. The standard InChI is InChI=1S/C16H17N3O2S/c1-2-19(11-13-6-4-3-5-7-13)22(20,21)14-8-9-15-16(10-14)18-12-17-15/h3-10,12H,2,11H2,1H3,(H,17,18). The maximum atomic E-state index is 12.8. The Hall–Kier alpha value is -2.18. The Morgan fingerprint density at radius 2 is 1.91 bits per heavy atom. The Labute approximate surface area is 129 Å². The summed E-state index contributed by atoms with van der Waals surface area (Å²) in [6.45, 7) is 2.62. The summed E-state index contributed by atoms with van der Waals surface area (Å²) in [7, 11) is -3.53. The van der Waals surface area contributed by atoms with E-state index in [0.29, 0.717) is 13.1 Å². The van der Waals surface area contributed by atoms with Crippen molar-refractivity contribution in [2.75, 3.05) is 6.54 Å². The zero-order valence-corrected chi connectivity index (χ0v) is 13.0. The minimum atomic E-state index is -3.53. The second-order valence-corrected chi connectivity index (χ2v) is 6.94. The van der Waals surface area contributed by atoms with Crippen LogP contribution in [0, 0.1) is 0 Å². The Morgan fingerprint density at radius 3 is 2.64 bits per heavy atom. The molecule has 0 bridgehead atoms. The number of nitrogens with zero attached hydrogens (tertiary/aromatic N) is 2. The summed E-state index contributed by atoms with van der Waals surface area (Å²) in [6, 6.07) is 14.5. The van der Waals surface area contributed by atoms with Crippen LogP contribution < -0.4 is 0 Å². The third kappa shape index (κ3) is 2.75. The molecule has 0 aliphatic heterocycles. The summed E-state index contributed by atoms with van der Waals surface area (Å²) in [5.41, 5.74) is 2.44. The van der Waals surface area contributed by atoms with E-state index in [-0.39, 0.29) is 4.90 Å². The van der Waals surface area contributed by atoms with E-state index in [2.05, 4.69) is 9.97 Å². The predicted molar refractivity (Wildman–Crippen MR) is 85.8 cm³/mol. The Kier molecular flexibility index (Phi) is 3.96.